The third-order valence-electron chi connectivity index (χ3n) is 2.27. The van der Waals surface area contributed by atoms with Gasteiger partial charge in [-0.3, -0.25) is 14.4 Å². The van der Waals surface area contributed by atoms with E-state index in [-0.39, 0.29) is 6.42 Å². The van der Waals surface area contributed by atoms with E-state index in [0.29, 0.717) is 10.5 Å². The van der Waals surface area contributed by atoms with Gasteiger partial charge in [-0.1, -0.05) is 12.1 Å². The van der Waals surface area contributed by atoms with E-state index in [9.17, 15) is 18.8 Å². The average Bonchev–Trinajstić information content (AvgIpc) is 2.30. The van der Waals surface area contributed by atoms with Gasteiger partial charge in [-0.2, -0.15) is 0 Å². The minimum atomic E-state index is -1.30. The molecule has 0 atom stereocenters. The number of hydrogen-bond acceptors (Lipinski definition) is 3. The van der Waals surface area contributed by atoms with Crippen molar-refractivity contribution in [2.24, 2.45) is 0 Å². The molecule has 0 spiro atoms. The molecule has 0 aliphatic carbocycles. The number of carbonyl (C=O) groups is 3. The molecule has 0 aliphatic rings. The number of carboxylic acids is 2. The van der Waals surface area contributed by atoms with Crippen LogP contribution in [0.25, 0.3) is 0 Å². The number of hydrogen-bond donors (Lipinski definition) is 2. The van der Waals surface area contributed by atoms with Crippen LogP contribution in [-0.2, 0) is 20.8 Å². The highest BCUT2D eigenvalue weighted by Gasteiger charge is 2.19. The first-order valence-corrected chi connectivity index (χ1v) is 5.34. The van der Waals surface area contributed by atoms with Crippen molar-refractivity contribution in [1.82, 2.24) is 4.90 Å². The fraction of sp³-hybridized carbons (Fsp3) is 0.250. The standard InChI is InChI=1S/C12H12FNO5/c13-9-3-1-8(2-4-9)5-10(15)14(6-11(16)17)7-12(18)19/h1-4H,5-7H2,(H,16,17)(H,18,19). The fourth-order valence-corrected chi connectivity index (χ4v) is 1.45. The highest BCUT2D eigenvalue weighted by molar-refractivity contribution is 5.86. The molecule has 1 amide bonds. The lowest BCUT2D eigenvalue weighted by molar-refractivity contribution is -0.149. The van der Waals surface area contributed by atoms with Gasteiger partial charge in [0, 0.05) is 0 Å². The van der Waals surface area contributed by atoms with Crippen LogP contribution >= 0.6 is 0 Å². The van der Waals surface area contributed by atoms with E-state index in [4.69, 9.17) is 10.2 Å². The summed E-state index contributed by atoms with van der Waals surface area (Å²) in [5.74, 6) is -3.69. The second kappa shape index (κ2) is 6.48. The monoisotopic (exact) mass is 269 g/mol. The molecule has 2 N–H and O–H groups in total. The zero-order valence-corrected chi connectivity index (χ0v) is 9.88. The summed E-state index contributed by atoms with van der Waals surface area (Å²) >= 11 is 0. The van der Waals surface area contributed by atoms with E-state index in [0.717, 1.165) is 0 Å². The zero-order valence-electron chi connectivity index (χ0n) is 9.88. The van der Waals surface area contributed by atoms with Crippen LogP contribution < -0.4 is 0 Å². The molecule has 0 fully saturated rings. The summed E-state index contributed by atoms with van der Waals surface area (Å²) < 4.78 is 12.7. The molecule has 0 aromatic heterocycles. The maximum atomic E-state index is 12.7. The molecule has 1 aromatic rings. The molecule has 0 bridgehead atoms. The number of halogens is 1. The van der Waals surface area contributed by atoms with Crippen molar-refractivity contribution in [1.29, 1.82) is 0 Å². The van der Waals surface area contributed by atoms with Crippen LogP contribution in [0.5, 0.6) is 0 Å². The molecular formula is C12H12FNO5. The summed E-state index contributed by atoms with van der Waals surface area (Å²) in [7, 11) is 0. The van der Waals surface area contributed by atoms with Crippen molar-refractivity contribution in [3.8, 4) is 0 Å². The van der Waals surface area contributed by atoms with E-state index in [1.54, 1.807) is 0 Å². The molecule has 1 aromatic carbocycles. The highest BCUT2D eigenvalue weighted by atomic mass is 19.1. The number of carboxylic acid groups (broad SMARTS) is 2. The minimum Gasteiger partial charge on any atom is -0.480 e. The Morgan fingerprint density at radius 2 is 1.47 bits per heavy atom. The molecule has 0 heterocycles. The molecule has 7 heteroatoms. The van der Waals surface area contributed by atoms with Gasteiger partial charge < -0.3 is 15.1 Å². The Morgan fingerprint density at radius 1 is 1.00 bits per heavy atom. The maximum absolute atomic E-state index is 12.7. The van der Waals surface area contributed by atoms with Crippen molar-refractivity contribution in [2.45, 2.75) is 6.42 Å². The van der Waals surface area contributed by atoms with Crippen molar-refractivity contribution in [3.63, 3.8) is 0 Å². The van der Waals surface area contributed by atoms with Crippen LogP contribution in [0.4, 0.5) is 4.39 Å². The SMILES string of the molecule is O=C(O)CN(CC(=O)O)C(=O)Cc1ccc(F)cc1. The Labute approximate surface area is 108 Å². The Bertz CT molecular complexity index is 469. The van der Waals surface area contributed by atoms with E-state index < -0.39 is 36.8 Å². The summed E-state index contributed by atoms with van der Waals surface area (Å²) in [6, 6.07) is 5.10. The molecule has 0 saturated carbocycles. The van der Waals surface area contributed by atoms with E-state index in [1.807, 2.05) is 0 Å². The maximum Gasteiger partial charge on any atom is 0.323 e. The van der Waals surface area contributed by atoms with Gasteiger partial charge in [0.2, 0.25) is 5.91 Å². The molecular weight excluding hydrogens is 257 g/mol. The topological polar surface area (TPSA) is 94.9 Å². The summed E-state index contributed by atoms with van der Waals surface area (Å²) in [4.78, 5) is 33.6. The van der Waals surface area contributed by atoms with Crippen molar-refractivity contribution < 1.29 is 29.0 Å². The predicted octanol–water partition coefficient (Wildman–Crippen LogP) is 0.366. The smallest absolute Gasteiger partial charge is 0.323 e. The summed E-state index contributed by atoms with van der Waals surface area (Å²) in [5, 5.41) is 17.2. The van der Waals surface area contributed by atoms with Crippen LogP contribution in [0.2, 0.25) is 0 Å². The molecule has 0 radical (unpaired) electrons. The van der Waals surface area contributed by atoms with Gasteiger partial charge in [0.05, 0.1) is 6.42 Å². The predicted molar refractivity (Wildman–Crippen MR) is 62.0 cm³/mol. The number of benzene rings is 1. The van der Waals surface area contributed by atoms with Gasteiger partial charge in [-0.05, 0) is 17.7 Å². The summed E-state index contributed by atoms with van der Waals surface area (Å²) in [6.07, 6.45) is -0.180. The highest BCUT2D eigenvalue weighted by Crippen LogP contribution is 2.05. The van der Waals surface area contributed by atoms with E-state index in [1.165, 1.54) is 24.3 Å². The molecule has 0 aliphatic heterocycles. The number of carbonyl (C=O) groups excluding carboxylic acids is 1. The first-order chi connectivity index (χ1) is 8.88. The molecule has 0 saturated heterocycles. The Balaban J connectivity index is 2.73. The third kappa shape index (κ3) is 5.15. The van der Waals surface area contributed by atoms with Gasteiger partial charge in [-0.25, -0.2) is 4.39 Å². The largest absolute Gasteiger partial charge is 0.480 e. The Morgan fingerprint density at radius 3 is 1.89 bits per heavy atom. The third-order valence-corrected chi connectivity index (χ3v) is 2.27. The quantitative estimate of drug-likeness (QED) is 0.777. The minimum absolute atomic E-state index is 0.180. The number of amides is 1. The molecule has 0 unspecified atom stereocenters. The fourth-order valence-electron chi connectivity index (χ4n) is 1.45. The number of aliphatic carboxylic acids is 2. The van der Waals surface area contributed by atoms with Crippen LogP contribution in [0.1, 0.15) is 5.56 Å². The summed E-state index contributed by atoms with van der Waals surface area (Å²) in [5.41, 5.74) is 0.479. The van der Waals surface area contributed by atoms with Crippen LogP contribution in [0, 0.1) is 5.82 Å². The molecule has 102 valence electrons. The van der Waals surface area contributed by atoms with E-state index >= 15 is 0 Å². The first-order valence-electron chi connectivity index (χ1n) is 5.34. The zero-order chi connectivity index (χ0) is 14.4. The van der Waals surface area contributed by atoms with Gasteiger partial charge >= 0.3 is 11.9 Å². The van der Waals surface area contributed by atoms with Crippen LogP contribution in [0.3, 0.4) is 0 Å². The van der Waals surface area contributed by atoms with E-state index in [2.05, 4.69) is 0 Å². The van der Waals surface area contributed by atoms with Crippen LogP contribution in [0.15, 0.2) is 24.3 Å². The van der Waals surface area contributed by atoms with Gasteiger partial charge in [-0.15, -0.1) is 0 Å². The number of rotatable bonds is 6. The van der Waals surface area contributed by atoms with Crippen molar-refractivity contribution in [3.05, 3.63) is 35.6 Å². The normalized spacial score (nSPS) is 9.95. The molecule has 19 heavy (non-hydrogen) atoms. The number of nitrogens with zero attached hydrogens (tertiary/aromatic N) is 1. The van der Waals surface area contributed by atoms with Crippen molar-refractivity contribution in [2.75, 3.05) is 13.1 Å². The second-order valence-electron chi connectivity index (χ2n) is 3.84. The lowest BCUT2D eigenvalue weighted by Crippen LogP contribution is -2.40. The van der Waals surface area contributed by atoms with Gasteiger partial charge in [0.15, 0.2) is 0 Å². The average molecular weight is 269 g/mol. The van der Waals surface area contributed by atoms with Gasteiger partial charge in [0.1, 0.15) is 18.9 Å². The lowest BCUT2D eigenvalue weighted by atomic mass is 10.1. The Hall–Kier alpha value is -2.44. The van der Waals surface area contributed by atoms with Crippen molar-refractivity contribution >= 4 is 17.8 Å². The molecule has 1 rings (SSSR count). The van der Waals surface area contributed by atoms with Crippen LogP contribution in [-0.4, -0.2) is 46.0 Å². The second-order valence-corrected chi connectivity index (χ2v) is 3.84. The first kappa shape index (κ1) is 14.6. The lowest BCUT2D eigenvalue weighted by Gasteiger charge is -2.18. The Kier molecular flexibility index (Phi) is 4.99. The summed E-state index contributed by atoms with van der Waals surface area (Å²) in [6.45, 7) is -1.38. The molecule has 6 nitrogen and oxygen atoms in total. The van der Waals surface area contributed by atoms with Gasteiger partial charge in [0.25, 0.3) is 0 Å².